The van der Waals surface area contributed by atoms with Gasteiger partial charge in [-0.15, -0.1) is 0 Å². The quantitative estimate of drug-likeness (QED) is 0.198. The number of rotatable bonds is 4. The average Bonchev–Trinajstić information content (AvgIpc) is 3.69. The highest BCUT2D eigenvalue weighted by atomic mass is 15.2. The van der Waals surface area contributed by atoms with E-state index in [0.29, 0.717) is 17.6 Å². The van der Waals surface area contributed by atoms with Crippen LogP contribution in [0.2, 0.25) is 0 Å². The molecular formula is C42H26N6. The van der Waals surface area contributed by atoms with E-state index in [1.54, 1.807) is 0 Å². The Morgan fingerprint density at radius 2 is 1.04 bits per heavy atom. The molecule has 0 saturated heterocycles. The second-order valence-corrected chi connectivity index (χ2v) is 12.0. The molecule has 0 bridgehead atoms. The van der Waals surface area contributed by atoms with E-state index in [1.807, 2.05) is 73.1 Å². The Kier molecular flexibility index (Phi) is 5.77. The van der Waals surface area contributed by atoms with Gasteiger partial charge in [0.1, 0.15) is 0 Å². The molecule has 0 saturated carbocycles. The molecule has 6 aromatic carbocycles. The first-order valence-electron chi connectivity index (χ1n) is 16.0. The van der Waals surface area contributed by atoms with Crippen LogP contribution in [0.5, 0.6) is 0 Å². The summed E-state index contributed by atoms with van der Waals surface area (Å²) in [5, 5.41) is 6.83. The summed E-state index contributed by atoms with van der Waals surface area (Å²) in [5.74, 6) is 1.80. The molecule has 10 rings (SSSR count). The average molecular weight is 615 g/mol. The molecule has 0 amide bonds. The lowest BCUT2D eigenvalue weighted by Gasteiger charge is -2.13. The lowest BCUT2D eigenvalue weighted by molar-refractivity contribution is 0.953. The lowest BCUT2D eigenvalue weighted by atomic mass is 10.0. The van der Waals surface area contributed by atoms with E-state index in [2.05, 4.69) is 99.0 Å². The molecule has 0 aliphatic rings. The maximum absolute atomic E-state index is 5.23. The Bertz CT molecular complexity index is 2760. The number of hydrogen-bond donors (Lipinski definition) is 0. The zero-order chi connectivity index (χ0) is 31.6. The largest absolute Gasteiger partial charge is 0.307 e. The summed E-state index contributed by atoms with van der Waals surface area (Å²) < 4.78 is 4.62. The minimum absolute atomic E-state index is 0.563. The zero-order valence-corrected chi connectivity index (χ0v) is 25.7. The third-order valence-electron chi connectivity index (χ3n) is 9.24. The van der Waals surface area contributed by atoms with Crippen LogP contribution in [0, 0.1) is 0 Å². The zero-order valence-electron chi connectivity index (χ0n) is 25.7. The number of benzene rings is 6. The van der Waals surface area contributed by atoms with Gasteiger partial charge >= 0.3 is 0 Å². The monoisotopic (exact) mass is 614 g/mol. The summed E-state index contributed by atoms with van der Waals surface area (Å²) >= 11 is 0. The molecule has 10 aromatic rings. The van der Waals surface area contributed by atoms with Crippen LogP contribution in [-0.4, -0.2) is 29.1 Å². The standard InChI is InChI=1S/C42H26N6/c1-4-12-27(13-5-1)40-44-41(28-14-6-2-7-15-28)46-42(45-40)48-36-23-20-29-26-43-25-24-31(29)37(36)34-22-21-33-32-18-10-11-19-35(32)47(38(33)39(34)48)30-16-8-3-9-17-30/h1-26H. The fraction of sp³-hybridized carbons (Fsp3) is 0. The maximum Gasteiger partial charge on any atom is 0.238 e. The van der Waals surface area contributed by atoms with Gasteiger partial charge in [-0.25, -0.2) is 4.98 Å². The highest BCUT2D eigenvalue weighted by molar-refractivity contribution is 6.28. The van der Waals surface area contributed by atoms with Crippen molar-refractivity contribution in [1.82, 2.24) is 29.1 Å². The van der Waals surface area contributed by atoms with Gasteiger partial charge < -0.3 is 4.57 Å². The van der Waals surface area contributed by atoms with Gasteiger partial charge in [-0.1, -0.05) is 115 Å². The summed E-state index contributed by atoms with van der Waals surface area (Å²) in [7, 11) is 0. The van der Waals surface area contributed by atoms with E-state index >= 15 is 0 Å². The number of aromatic nitrogens is 6. The van der Waals surface area contributed by atoms with Gasteiger partial charge in [0.15, 0.2) is 11.6 Å². The molecule has 0 radical (unpaired) electrons. The molecule has 0 spiro atoms. The first-order chi connectivity index (χ1) is 23.8. The molecule has 4 aromatic heterocycles. The van der Waals surface area contributed by atoms with Crippen molar-refractivity contribution in [3.8, 4) is 34.4 Å². The third-order valence-corrected chi connectivity index (χ3v) is 9.24. The fourth-order valence-corrected chi connectivity index (χ4v) is 7.17. The van der Waals surface area contributed by atoms with Crippen molar-refractivity contribution in [3.05, 3.63) is 158 Å². The fourth-order valence-electron chi connectivity index (χ4n) is 7.17. The molecule has 0 aliphatic heterocycles. The summed E-state index contributed by atoms with van der Waals surface area (Å²) in [5.41, 5.74) is 7.25. The topological polar surface area (TPSA) is 61.4 Å². The number of pyridine rings is 1. The van der Waals surface area contributed by atoms with E-state index in [0.717, 1.165) is 65.8 Å². The van der Waals surface area contributed by atoms with Gasteiger partial charge in [-0.3, -0.25) is 9.55 Å². The van der Waals surface area contributed by atoms with E-state index in [4.69, 9.17) is 15.0 Å². The smallest absolute Gasteiger partial charge is 0.238 e. The second kappa shape index (κ2) is 10.4. The van der Waals surface area contributed by atoms with Crippen LogP contribution in [0.1, 0.15) is 0 Å². The van der Waals surface area contributed by atoms with Gasteiger partial charge in [0, 0.05) is 56.1 Å². The normalized spacial score (nSPS) is 11.8. The minimum atomic E-state index is 0.563. The summed E-state index contributed by atoms with van der Waals surface area (Å²) in [6.45, 7) is 0. The van der Waals surface area contributed by atoms with Crippen molar-refractivity contribution in [2.24, 2.45) is 0 Å². The Morgan fingerprint density at radius 3 is 1.77 bits per heavy atom. The second-order valence-electron chi connectivity index (χ2n) is 12.0. The van der Waals surface area contributed by atoms with Gasteiger partial charge in [-0.2, -0.15) is 9.97 Å². The summed E-state index contributed by atoms with van der Waals surface area (Å²) in [6, 6.07) is 50.4. The molecule has 0 aliphatic carbocycles. The number of fused-ring (bicyclic) bond motifs is 9. The Labute approximate surface area is 275 Å². The highest BCUT2D eigenvalue weighted by Gasteiger charge is 2.24. The van der Waals surface area contributed by atoms with Crippen LogP contribution < -0.4 is 0 Å². The van der Waals surface area contributed by atoms with Crippen molar-refractivity contribution < 1.29 is 0 Å². The van der Waals surface area contributed by atoms with Gasteiger partial charge in [0.2, 0.25) is 5.95 Å². The Balaban J connectivity index is 1.44. The SMILES string of the molecule is c1ccc(-c2nc(-c3ccccc3)nc(-n3c4ccc5cnccc5c4c4ccc5c6ccccc6n(-c6ccccc6)c5c43)n2)cc1. The first-order valence-corrected chi connectivity index (χ1v) is 16.0. The van der Waals surface area contributed by atoms with Crippen molar-refractivity contribution in [1.29, 1.82) is 0 Å². The minimum Gasteiger partial charge on any atom is -0.307 e. The van der Waals surface area contributed by atoms with E-state index in [-0.39, 0.29) is 0 Å². The van der Waals surface area contributed by atoms with E-state index in [9.17, 15) is 0 Å². The van der Waals surface area contributed by atoms with Gasteiger partial charge in [-0.05, 0) is 35.7 Å². The first kappa shape index (κ1) is 26.5. The molecule has 48 heavy (non-hydrogen) atoms. The number of nitrogens with zero attached hydrogens (tertiary/aromatic N) is 6. The van der Waals surface area contributed by atoms with Crippen molar-refractivity contribution in [2.45, 2.75) is 0 Å². The molecule has 0 atom stereocenters. The van der Waals surface area contributed by atoms with Gasteiger partial charge in [0.05, 0.1) is 22.1 Å². The summed E-state index contributed by atoms with van der Waals surface area (Å²) in [4.78, 5) is 19.9. The highest BCUT2D eigenvalue weighted by Crippen LogP contribution is 2.43. The van der Waals surface area contributed by atoms with Crippen LogP contribution in [0.4, 0.5) is 0 Å². The van der Waals surface area contributed by atoms with E-state index in [1.165, 1.54) is 5.39 Å². The molecule has 6 nitrogen and oxygen atoms in total. The molecule has 224 valence electrons. The lowest BCUT2D eigenvalue weighted by Crippen LogP contribution is -2.07. The summed E-state index contributed by atoms with van der Waals surface area (Å²) in [6.07, 6.45) is 3.80. The van der Waals surface area contributed by atoms with Crippen LogP contribution in [-0.2, 0) is 0 Å². The molecule has 4 heterocycles. The number of para-hydroxylation sites is 2. The number of hydrogen-bond acceptors (Lipinski definition) is 4. The molecule has 0 fully saturated rings. The predicted octanol–water partition coefficient (Wildman–Crippen LogP) is 9.95. The van der Waals surface area contributed by atoms with Crippen molar-refractivity contribution in [2.75, 3.05) is 0 Å². The third kappa shape index (κ3) is 3.93. The molecule has 0 unspecified atom stereocenters. The Hall–Kier alpha value is -6.66. The van der Waals surface area contributed by atoms with Crippen molar-refractivity contribution >= 4 is 54.4 Å². The van der Waals surface area contributed by atoms with Crippen LogP contribution in [0.15, 0.2) is 158 Å². The van der Waals surface area contributed by atoms with Crippen molar-refractivity contribution in [3.63, 3.8) is 0 Å². The van der Waals surface area contributed by atoms with Crippen LogP contribution >= 0.6 is 0 Å². The van der Waals surface area contributed by atoms with E-state index < -0.39 is 0 Å². The Morgan fingerprint density at radius 1 is 0.417 bits per heavy atom. The van der Waals surface area contributed by atoms with Crippen LogP contribution in [0.3, 0.4) is 0 Å². The maximum atomic E-state index is 5.23. The van der Waals surface area contributed by atoms with Crippen LogP contribution in [0.25, 0.3) is 88.8 Å². The van der Waals surface area contributed by atoms with Gasteiger partial charge in [0.25, 0.3) is 0 Å². The molecular weight excluding hydrogens is 589 g/mol. The molecule has 0 N–H and O–H groups in total. The predicted molar refractivity (Wildman–Crippen MR) is 195 cm³/mol. The molecule has 6 heteroatoms.